The van der Waals surface area contributed by atoms with Crippen LogP contribution in [0.3, 0.4) is 0 Å². The summed E-state index contributed by atoms with van der Waals surface area (Å²) in [6.07, 6.45) is 0.987. The molecule has 0 fully saturated rings. The van der Waals surface area contributed by atoms with Crippen molar-refractivity contribution in [1.82, 2.24) is 29.9 Å². The molecular formula is C103H70BrN7S4. The zero-order valence-electron chi connectivity index (χ0n) is 60.5. The van der Waals surface area contributed by atoms with Crippen LogP contribution < -0.4 is 4.90 Å². The highest BCUT2D eigenvalue weighted by atomic mass is 79.9. The van der Waals surface area contributed by atoms with Gasteiger partial charge in [0.1, 0.15) is 0 Å². The molecule has 0 unspecified atom stereocenters. The highest BCUT2D eigenvalue weighted by Crippen LogP contribution is 2.67. The number of hydrogen-bond acceptors (Lipinski definition) is 11. The first-order valence-electron chi connectivity index (χ1n) is 37.7. The zero-order valence-corrected chi connectivity index (χ0v) is 65.3. The number of hydrogen-bond donors (Lipinski definition) is 0. The topological polar surface area (TPSA) is 80.6 Å². The summed E-state index contributed by atoms with van der Waals surface area (Å²) in [6.45, 7) is 0. The Kier molecular flexibility index (Phi) is 18.0. The number of halogens is 1. The largest absolute Gasteiger partial charge is 0.310 e. The normalized spacial score (nSPS) is 13.0. The lowest BCUT2D eigenvalue weighted by Gasteiger charge is -2.45. The molecule has 14 aromatic carbocycles. The summed E-state index contributed by atoms with van der Waals surface area (Å²) in [4.78, 5) is 37.2. The highest BCUT2D eigenvalue weighted by molar-refractivity contribution is 9.10. The van der Waals surface area contributed by atoms with E-state index in [0.717, 1.165) is 50.0 Å². The van der Waals surface area contributed by atoms with E-state index in [0.29, 0.717) is 34.9 Å². The molecule has 2 spiro atoms. The van der Waals surface area contributed by atoms with Gasteiger partial charge in [0.15, 0.2) is 34.9 Å². The molecule has 6 aromatic heterocycles. The molecule has 0 N–H and O–H groups in total. The minimum Gasteiger partial charge on any atom is -0.310 e. The van der Waals surface area contributed by atoms with E-state index >= 15 is 0 Å². The minimum absolute atomic E-state index is 0. The lowest BCUT2D eigenvalue weighted by molar-refractivity contribution is 0.728. The summed E-state index contributed by atoms with van der Waals surface area (Å²) >= 11 is 11.0. The van der Waals surface area contributed by atoms with Crippen molar-refractivity contribution in [2.45, 2.75) is 32.1 Å². The number of benzene rings is 14. The smallest absolute Gasteiger partial charge is 0.164 e. The quantitative estimate of drug-likeness (QED) is 0.157. The number of thiophene rings is 4. The van der Waals surface area contributed by atoms with Gasteiger partial charge in [-0.05, 0) is 224 Å². The number of fused-ring (bicyclic) bond motifs is 22. The average molecular weight is 1610 g/mol. The van der Waals surface area contributed by atoms with Crippen molar-refractivity contribution in [1.29, 1.82) is 0 Å². The van der Waals surface area contributed by atoms with Gasteiger partial charge in [-0.25, -0.2) is 29.9 Å². The SMILES string of the molecule is Brc1ccc(-c2nc(-c3ccccc3)nc(-c3ccccc3)n2)cc1.C.C.c1ccc(-c2nc(-c3ccccc3)nc(-c3ccc(N4c5cc6ccccc6cc5C5(c6cc7ccccc7cc64)c4ccsc4-c4sccc45)cc3)n2)cc1.c1ccc2cc3c(cc2c1)Cc1cc2ccccc2cc1C31c2ccsc2-c2sccc21. The molecule has 12 heteroatoms. The van der Waals surface area contributed by atoms with E-state index in [4.69, 9.17) is 24.9 Å². The third-order valence-corrected chi connectivity index (χ3v) is 27.2. The van der Waals surface area contributed by atoms with Crippen molar-refractivity contribution in [2.75, 3.05) is 4.90 Å². The van der Waals surface area contributed by atoms with Gasteiger partial charge in [-0.1, -0.05) is 273 Å². The van der Waals surface area contributed by atoms with Gasteiger partial charge in [0, 0.05) is 63.0 Å². The van der Waals surface area contributed by atoms with Crippen molar-refractivity contribution in [3.8, 4) is 87.8 Å². The van der Waals surface area contributed by atoms with E-state index in [-0.39, 0.29) is 20.3 Å². The summed E-state index contributed by atoms with van der Waals surface area (Å²) in [5.74, 6) is 3.96. The second-order valence-electron chi connectivity index (χ2n) is 28.9. The molecule has 20 aromatic rings. The van der Waals surface area contributed by atoms with Crippen molar-refractivity contribution in [3.63, 3.8) is 0 Å². The fourth-order valence-electron chi connectivity index (χ4n) is 17.7. The van der Waals surface area contributed by atoms with Crippen molar-refractivity contribution >= 4 is 121 Å². The van der Waals surface area contributed by atoms with E-state index < -0.39 is 5.41 Å². The Morgan fingerprint density at radius 3 is 0.791 bits per heavy atom. The van der Waals surface area contributed by atoms with Crippen LogP contribution in [0.5, 0.6) is 0 Å². The lowest BCUT2D eigenvalue weighted by atomic mass is 9.61. The Hall–Kier alpha value is -12.8. The van der Waals surface area contributed by atoms with Gasteiger partial charge in [0.05, 0.1) is 22.2 Å². The highest BCUT2D eigenvalue weighted by Gasteiger charge is 2.54. The monoisotopic (exact) mass is 1610 g/mol. The van der Waals surface area contributed by atoms with E-state index in [1.165, 1.54) is 130 Å². The lowest BCUT2D eigenvalue weighted by Crippen LogP contribution is -2.36. The molecule has 0 saturated carbocycles. The number of rotatable bonds is 7. The minimum atomic E-state index is -0.452. The maximum absolute atomic E-state index is 5.03. The zero-order chi connectivity index (χ0) is 74.7. The van der Waals surface area contributed by atoms with Gasteiger partial charge in [-0.15, -0.1) is 45.3 Å². The van der Waals surface area contributed by atoms with Gasteiger partial charge in [-0.3, -0.25) is 0 Å². The molecular weight excluding hydrogens is 1540 g/mol. The Bertz CT molecular complexity index is 6750. The molecule has 4 aliphatic rings. The third kappa shape index (κ3) is 11.7. The molecule has 1 aliphatic heterocycles. The maximum atomic E-state index is 5.03. The molecule has 0 radical (unpaired) electrons. The van der Waals surface area contributed by atoms with Crippen LogP contribution in [0.2, 0.25) is 0 Å². The first-order chi connectivity index (χ1) is 55.9. The third-order valence-electron chi connectivity index (χ3n) is 22.7. The summed E-state index contributed by atoms with van der Waals surface area (Å²) in [5, 5.41) is 19.3. The molecule has 0 amide bonds. The first-order valence-corrected chi connectivity index (χ1v) is 42.0. The van der Waals surface area contributed by atoms with Gasteiger partial charge < -0.3 is 4.90 Å². The van der Waals surface area contributed by atoms with Crippen LogP contribution in [0.1, 0.15) is 70.5 Å². The van der Waals surface area contributed by atoms with E-state index in [1.54, 1.807) is 0 Å². The van der Waals surface area contributed by atoms with Crippen LogP contribution in [0, 0.1) is 0 Å². The van der Waals surface area contributed by atoms with E-state index in [9.17, 15) is 0 Å². The second-order valence-corrected chi connectivity index (χ2v) is 33.5. The fraction of sp³-hybridized carbons (Fsp3) is 0.0485. The van der Waals surface area contributed by atoms with Gasteiger partial charge >= 0.3 is 0 Å². The van der Waals surface area contributed by atoms with Gasteiger partial charge in [0.25, 0.3) is 0 Å². The van der Waals surface area contributed by atoms with E-state index in [1.807, 2.05) is 191 Å². The molecule has 3 aliphatic carbocycles. The summed E-state index contributed by atoms with van der Waals surface area (Å²) in [5.41, 5.74) is 22.7. The summed E-state index contributed by atoms with van der Waals surface area (Å²) < 4.78 is 1.02. The predicted octanol–water partition coefficient (Wildman–Crippen LogP) is 28.7. The van der Waals surface area contributed by atoms with Crippen LogP contribution in [-0.2, 0) is 17.3 Å². The maximum Gasteiger partial charge on any atom is 0.164 e. The first kappa shape index (κ1) is 71.3. The Morgan fingerprint density at radius 2 is 0.487 bits per heavy atom. The van der Waals surface area contributed by atoms with Crippen LogP contribution >= 0.6 is 61.3 Å². The number of anilines is 3. The molecule has 115 heavy (non-hydrogen) atoms. The number of nitrogens with zero attached hydrogens (tertiary/aromatic N) is 7. The van der Waals surface area contributed by atoms with Crippen molar-refractivity contribution in [2.24, 2.45) is 0 Å². The molecule has 7 heterocycles. The van der Waals surface area contributed by atoms with Gasteiger partial charge in [0.2, 0.25) is 0 Å². The second kappa shape index (κ2) is 29.0. The molecule has 7 nitrogen and oxygen atoms in total. The molecule has 24 rings (SSSR count). The van der Waals surface area contributed by atoms with Crippen molar-refractivity contribution < 1.29 is 0 Å². The van der Waals surface area contributed by atoms with Crippen LogP contribution in [-0.4, -0.2) is 29.9 Å². The van der Waals surface area contributed by atoms with Crippen LogP contribution in [0.15, 0.2) is 366 Å². The Morgan fingerprint density at radius 1 is 0.243 bits per heavy atom. The Balaban J connectivity index is 0.000000122. The molecule has 548 valence electrons. The Labute approximate surface area is 691 Å². The standard InChI is InChI=1S/C50H30N4S2.C30H18S2.C21H14BrN3.2CH4/c1-3-11-31(12-4-1)47-51-48(32-13-5-2-6-14-32)53-49(52-47)33-19-21-38(22-20-33)54-43-29-36-17-9-7-15-34(36)27-41(43)50(39-23-25-55-45(39)46-40(50)24-26-56-46)42-28-35-16-8-10-18-37(35)30-44(42)54;1-3-7-20-16-26-22(13-18(20)5-1)15-23-14-19-6-2-4-8-21(19)17-27(23)30(26)24-9-11-31-28(24)29-25(30)10-12-32-29;22-18-13-11-17(12-14-18)21-24-19(15-7-3-1-4-8-15)23-20(25-21)16-9-5-2-6-10-16;;/h1-30H;1-14,16-17H,15H2;1-14H;2*1H4. The molecule has 0 bridgehead atoms. The molecule has 0 saturated heterocycles. The average Bonchev–Trinajstić information content (AvgIpc) is 1.57. The molecule has 0 atom stereocenters. The predicted molar refractivity (Wildman–Crippen MR) is 487 cm³/mol. The summed E-state index contributed by atoms with van der Waals surface area (Å²) in [6, 6.07) is 121. The summed E-state index contributed by atoms with van der Waals surface area (Å²) in [7, 11) is 0. The van der Waals surface area contributed by atoms with Gasteiger partial charge in [-0.2, -0.15) is 0 Å². The number of aromatic nitrogens is 6. The van der Waals surface area contributed by atoms with Crippen molar-refractivity contribution in [3.05, 3.63) is 421 Å². The fourth-order valence-corrected chi connectivity index (χ4v) is 22.2. The van der Waals surface area contributed by atoms with E-state index in [2.05, 4.69) is 241 Å². The van der Waals surface area contributed by atoms with Crippen LogP contribution in [0.4, 0.5) is 17.1 Å². The van der Waals surface area contributed by atoms with Crippen LogP contribution in [0.25, 0.3) is 131 Å².